The van der Waals surface area contributed by atoms with Gasteiger partial charge in [-0.05, 0) is 6.07 Å². The van der Waals surface area contributed by atoms with E-state index in [4.69, 9.17) is 0 Å². The average molecular weight is 263 g/mol. The maximum Gasteiger partial charge on any atom is 0.151 e. The van der Waals surface area contributed by atoms with Gasteiger partial charge in [0, 0.05) is 30.5 Å². The smallest absolute Gasteiger partial charge is 0.151 e. The van der Waals surface area contributed by atoms with Crippen LogP contribution in [0.2, 0.25) is 0 Å². The van der Waals surface area contributed by atoms with Crippen LogP contribution in [0, 0.1) is 11.6 Å². The third-order valence-corrected chi connectivity index (χ3v) is 4.07. The van der Waals surface area contributed by atoms with Crippen LogP contribution < -0.4 is 5.32 Å². The summed E-state index contributed by atoms with van der Waals surface area (Å²) in [5.74, 6) is -1.14. The number of nitrogens with one attached hydrogen (secondary N) is 1. The van der Waals surface area contributed by atoms with Gasteiger partial charge < -0.3 is 5.32 Å². The molecule has 17 heavy (non-hydrogen) atoms. The molecule has 0 aliphatic heterocycles. The van der Waals surface area contributed by atoms with E-state index in [1.54, 1.807) is 6.92 Å². The molecule has 0 heterocycles. The lowest BCUT2D eigenvalue weighted by molar-refractivity contribution is 0.561. The first kappa shape index (κ1) is 14.1. The fourth-order valence-electron chi connectivity index (χ4n) is 1.26. The highest BCUT2D eigenvalue weighted by atomic mass is 32.2. The number of hydrogen-bond donors (Lipinski definition) is 1. The molecule has 1 aromatic rings. The van der Waals surface area contributed by atoms with Gasteiger partial charge in [-0.3, -0.25) is 0 Å². The Hall–Kier alpha value is -1.01. The summed E-state index contributed by atoms with van der Waals surface area (Å²) in [5.41, 5.74) is 0.320. The predicted molar refractivity (Wildman–Crippen MR) is 62.4 cm³/mol. The van der Waals surface area contributed by atoms with Crippen molar-refractivity contribution >= 4 is 9.84 Å². The van der Waals surface area contributed by atoms with E-state index in [1.165, 1.54) is 12.1 Å². The lowest BCUT2D eigenvalue weighted by Gasteiger charge is -2.06. The molecule has 6 heteroatoms. The molecule has 0 aromatic heterocycles. The first-order chi connectivity index (χ1) is 7.94. The van der Waals surface area contributed by atoms with Crippen molar-refractivity contribution in [2.75, 3.05) is 18.1 Å². The zero-order chi connectivity index (χ0) is 12.9. The summed E-state index contributed by atoms with van der Waals surface area (Å²) in [4.78, 5) is 0. The van der Waals surface area contributed by atoms with Gasteiger partial charge in [0.1, 0.15) is 11.6 Å². The molecule has 0 fully saturated rings. The molecule has 1 aromatic carbocycles. The van der Waals surface area contributed by atoms with Crippen LogP contribution in [0.1, 0.15) is 12.5 Å². The number of halogens is 2. The molecule has 0 saturated carbocycles. The Morgan fingerprint density at radius 1 is 1.29 bits per heavy atom. The number of benzene rings is 1. The van der Waals surface area contributed by atoms with E-state index >= 15 is 0 Å². The normalized spacial score (nSPS) is 11.7. The number of sulfone groups is 1. The summed E-state index contributed by atoms with van der Waals surface area (Å²) < 4.78 is 48.1. The maximum atomic E-state index is 13.2. The zero-order valence-electron chi connectivity index (χ0n) is 9.54. The molecule has 0 atom stereocenters. The minimum atomic E-state index is -3.01. The van der Waals surface area contributed by atoms with Gasteiger partial charge >= 0.3 is 0 Å². The standard InChI is InChI=1S/C11H15F2NO2S/c1-2-17(15,16)6-5-14-8-9-3-4-10(12)7-11(9)13/h3-4,7,14H,2,5-6,8H2,1H3. The van der Waals surface area contributed by atoms with Crippen molar-refractivity contribution in [1.82, 2.24) is 5.32 Å². The Morgan fingerprint density at radius 3 is 2.59 bits per heavy atom. The second-order valence-electron chi connectivity index (χ2n) is 3.65. The third kappa shape index (κ3) is 4.79. The molecule has 0 saturated heterocycles. The van der Waals surface area contributed by atoms with Crippen LogP contribution in [0.4, 0.5) is 8.78 Å². The quantitative estimate of drug-likeness (QED) is 0.791. The maximum absolute atomic E-state index is 13.2. The number of hydrogen-bond acceptors (Lipinski definition) is 3. The van der Waals surface area contributed by atoms with E-state index < -0.39 is 21.5 Å². The summed E-state index contributed by atoms with van der Waals surface area (Å²) in [6, 6.07) is 3.31. The molecule has 0 aliphatic carbocycles. The zero-order valence-corrected chi connectivity index (χ0v) is 10.4. The van der Waals surface area contributed by atoms with Crippen LogP contribution in [0.25, 0.3) is 0 Å². The molecule has 0 bridgehead atoms. The van der Waals surface area contributed by atoms with Crippen LogP contribution in [-0.4, -0.2) is 26.5 Å². The Labute approximate surface area is 99.8 Å². The third-order valence-electron chi connectivity index (χ3n) is 2.36. The molecule has 0 amide bonds. The molecule has 0 spiro atoms. The highest BCUT2D eigenvalue weighted by Crippen LogP contribution is 2.08. The molecule has 1 N–H and O–H groups in total. The van der Waals surface area contributed by atoms with Crippen LogP contribution in [-0.2, 0) is 16.4 Å². The van der Waals surface area contributed by atoms with Crippen LogP contribution in [0.5, 0.6) is 0 Å². The molecule has 0 unspecified atom stereocenters. The second-order valence-corrected chi connectivity index (χ2v) is 6.12. The second kappa shape index (κ2) is 6.07. The number of rotatable bonds is 6. The topological polar surface area (TPSA) is 46.2 Å². The van der Waals surface area contributed by atoms with Gasteiger partial charge in [0.25, 0.3) is 0 Å². The Balaban J connectivity index is 2.41. The lowest BCUT2D eigenvalue weighted by atomic mass is 10.2. The summed E-state index contributed by atoms with van der Waals surface area (Å²) in [6.45, 7) is 2.02. The van der Waals surface area contributed by atoms with Gasteiger partial charge in [0.15, 0.2) is 9.84 Å². The van der Waals surface area contributed by atoms with Crippen molar-refractivity contribution < 1.29 is 17.2 Å². The largest absolute Gasteiger partial charge is 0.312 e. The molecular weight excluding hydrogens is 248 g/mol. The monoisotopic (exact) mass is 263 g/mol. The van der Waals surface area contributed by atoms with Crippen LogP contribution >= 0.6 is 0 Å². The minimum absolute atomic E-state index is 0.0202. The van der Waals surface area contributed by atoms with Crippen molar-refractivity contribution in [2.45, 2.75) is 13.5 Å². The van der Waals surface area contributed by atoms with Crippen molar-refractivity contribution in [3.05, 3.63) is 35.4 Å². The van der Waals surface area contributed by atoms with Gasteiger partial charge in [-0.2, -0.15) is 0 Å². The Kier molecular flexibility index (Phi) is 5.02. The molecule has 1 rings (SSSR count). The summed E-state index contributed by atoms with van der Waals surface area (Å²) >= 11 is 0. The van der Waals surface area contributed by atoms with Crippen molar-refractivity contribution in [1.29, 1.82) is 0 Å². The molecule has 3 nitrogen and oxygen atoms in total. The minimum Gasteiger partial charge on any atom is -0.312 e. The molecular formula is C11H15F2NO2S. The highest BCUT2D eigenvalue weighted by Gasteiger charge is 2.07. The van der Waals surface area contributed by atoms with E-state index in [0.29, 0.717) is 5.56 Å². The van der Waals surface area contributed by atoms with E-state index in [2.05, 4.69) is 5.32 Å². The average Bonchev–Trinajstić information content (AvgIpc) is 2.27. The lowest BCUT2D eigenvalue weighted by Crippen LogP contribution is -2.23. The highest BCUT2D eigenvalue weighted by molar-refractivity contribution is 7.91. The van der Waals surface area contributed by atoms with E-state index in [9.17, 15) is 17.2 Å². The molecule has 0 aliphatic rings. The SMILES string of the molecule is CCS(=O)(=O)CCNCc1ccc(F)cc1F. The van der Waals surface area contributed by atoms with Gasteiger partial charge in [0.05, 0.1) is 5.75 Å². The first-order valence-corrected chi connectivity index (χ1v) is 7.12. The molecule has 96 valence electrons. The van der Waals surface area contributed by atoms with Gasteiger partial charge in [0.2, 0.25) is 0 Å². The fraction of sp³-hybridized carbons (Fsp3) is 0.455. The summed E-state index contributed by atoms with van der Waals surface area (Å²) in [7, 11) is -3.01. The van der Waals surface area contributed by atoms with E-state index in [1.807, 2.05) is 0 Å². The summed E-state index contributed by atoms with van der Waals surface area (Å²) in [5, 5.41) is 2.81. The van der Waals surface area contributed by atoms with Crippen LogP contribution in [0.3, 0.4) is 0 Å². The van der Waals surface area contributed by atoms with E-state index in [-0.39, 0.29) is 24.6 Å². The van der Waals surface area contributed by atoms with Crippen LogP contribution in [0.15, 0.2) is 18.2 Å². The van der Waals surface area contributed by atoms with Gasteiger partial charge in [-0.1, -0.05) is 13.0 Å². The van der Waals surface area contributed by atoms with Gasteiger partial charge in [-0.15, -0.1) is 0 Å². The van der Waals surface area contributed by atoms with Crippen molar-refractivity contribution in [2.24, 2.45) is 0 Å². The predicted octanol–water partition coefficient (Wildman–Crippen LogP) is 1.49. The Morgan fingerprint density at radius 2 is 2.00 bits per heavy atom. The summed E-state index contributed by atoms with van der Waals surface area (Å²) in [6.07, 6.45) is 0. The van der Waals surface area contributed by atoms with E-state index in [0.717, 1.165) is 6.07 Å². The van der Waals surface area contributed by atoms with Crippen molar-refractivity contribution in [3.63, 3.8) is 0 Å². The first-order valence-electron chi connectivity index (χ1n) is 5.29. The van der Waals surface area contributed by atoms with Gasteiger partial charge in [-0.25, -0.2) is 17.2 Å². The fourth-order valence-corrected chi connectivity index (χ4v) is 2.00. The molecule has 0 radical (unpaired) electrons. The van der Waals surface area contributed by atoms with Crippen molar-refractivity contribution in [3.8, 4) is 0 Å². The Bertz CT molecular complexity index is 474.